The molecule has 0 heterocycles. The molecular formula is C11H14N4O3. The van der Waals surface area contributed by atoms with Gasteiger partial charge in [0.1, 0.15) is 11.5 Å². The first kappa shape index (κ1) is 13.7. The predicted molar refractivity (Wildman–Crippen MR) is 65.4 cm³/mol. The van der Waals surface area contributed by atoms with Gasteiger partial charge in [-0.3, -0.25) is 4.79 Å². The third-order valence-electron chi connectivity index (χ3n) is 2.26. The van der Waals surface area contributed by atoms with Crippen molar-refractivity contribution in [3.8, 4) is 11.5 Å². The number of carbonyl (C=O) groups excluding carboxylic acids is 1. The Hall–Kier alpha value is -2.40. The van der Waals surface area contributed by atoms with Crippen molar-refractivity contribution >= 4 is 5.91 Å². The van der Waals surface area contributed by atoms with Crippen LogP contribution in [0.3, 0.4) is 0 Å². The minimum absolute atomic E-state index is 0.0324. The molecule has 1 amide bonds. The number of unbranched alkanes of at least 4 members (excludes halogenated alkanes) is 1. The molecule has 0 saturated carbocycles. The van der Waals surface area contributed by atoms with Gasteiger partial charge in [0.2, 0.25) is 0 Å². The number of benzene rings is 1. The second kappa shape index (κ2) is 7.03. The number of aromatic hydroxyl groups is 2. The van der Waals surface area contributed by atoms with E-state index in [2.05, 4.69) is 15.3 Å². The van der Waals surface area contributed by atoms with Crippen molar-refractivity contribution in [3.63, 3.8) is 0 Å². The summed E-state index contributed by atoms with van der Waals surface area (Å²) in [5.74, 6) is -0.715. The van der Waals surface area contributed by atoms with E-state index in [0.717, 1.165) is 0 Å². The van der Waals surface area contributed by atoms with Gasteiger partial charge < -0.3 is 15.5 Å². The zero-order chi connectivity index (χ0) is 13.4. The SMILES string of the molecule is [N-]=[N+]=NCCCCNC(=O)c1cc(O)ccc1O. The first-order valence-electron chi connectivity index (χ1n) is 5.46. The van der Waals surface area contributed by atoms with Crippen molar-refractivity contribution in [1.82, 2.24) is 5.32 Å². The van der Waals surface area contributed by atoms with E-state index in [-0.39, 0.29) is 17.1 Å². The molecule has 0 atom stereocenters. The lowest BCUT2D eigenvalue weighted by molar-refractivity contribution is 0.0950. The van der Waals surface area contributed by atoms with E-state index in [9.17, 15) is 15.0 Å². The van der Waals surface area contributed by atoms with Crippen LogP contribution in [0, 0.1) is 0 Å². The molecular weight excluding hydrogens is 236 g/mol. The van der Waals surface area contributed by atoms with Gasteiger partial charge in [0.25, 0.3) is 5.91 Å². The molecule has 0 aromatic heterocycles. The van der Waals surface area contributed by atoms with Crippen LogP contribution in [-0.4, -0.2) is 29.2 Å². The van der Waals surface area contributed by atoms with Crippen molar-refractivity contribution in [2.45, 2.75) is 12.8 Å². The highest BCUT2D eigenvalue weighted by atomic mass is 16.3. The van der Waals surface area contributed by atoms with Crippen molar-refractivity contribution in [2.24, 2.45) is 5.11 Å². The molecule has 1 aromatic carbocycles. The molecule has 0 aliphatic carbocycles. The zero-order valence-electron chi connectivity index (χ0n) is 9.70. The molecule has 0 fully saturated rings. The first-order chi connectivity index (χ1) is 8.65. The predicted octanol–water partition coefficient (Wildman–Crippen LogP) is 1.92. The molecule has 7 heteroatoms. The summed E-state index contributed by atoms with van der Waals surface area (Å²) in [4.78, 5) is 14.3. The molecule has 1 rings (SSSR count). The molecule has 96 valence electrons. The van der Waals surface area contributed by atoms with Crippen molar-refractivity contribution in [2.75, 3.05) is 13.1 Å². The molecule has 0 aliphatic rings. The number of phenolic OH excluding ortho intramolecular Hbond substituents is 2. The van der Waals surface area contributed by atoms with E-state index in [4.69, 9.17) is 5.53 Å². The van der Waals surface area contributed by atoms with Crippen LogP contribution < -0.4 is 5.32 Å². The van der Waals surface area contributed by atoms with Crippen LogP contribution in [0.5, 0.6) is 11.5 Å². The second-order valence-electron chi connectivity index (χ2n) is 3.62. The number of phenols is 2. The summed E-state index contributed by atoms with van der Waals surface area (Å²) in [5.41, 5.74) is 8.09. The van der Waals surface area contributed by atoms with Crippen molar-refractivity contribution in [3.05, 3.63) is 34.2 Å². The van der Waals surface area contributed by atoms with Crippen LogP contribution >= 0.6 is 0 Å². The fourth-order valence-corrected chi connectivity index (χ4v) is 1.36. The van der Waals surface area contributed by atoms with E-state index >= 15 is 0 Å². The molecule has 1 aromatic rings. The number of amides is 1. The van der Waals surface area contributed by atoms with Gasteiger partial charge in [0.05, 0.1) is 5.56 Å². The van der Waals surface area contributed by atoms with Gasteiger partial charge in [0, 0.05) is 18.0 Å². The van der Waals surface area contributed by atoms with Crippen LogP contribution in [0.15, 0.2) is 23.3 Å². The van der Waals surface area contributed by atoms with Crippen molar-refractivity contribution < 1.29 is 15.0 Å². The monoisotopic (exact) mass is 250 g/mol. The lowest BCUT2D eigenvalue weighted by Gasteiger charge is -2.06. The molecule has 0 unspecified atom stereocenters. The quantitative estimate of drug-likeness (QED) is 0.235. The fraction of sp³-hybridized carbons (Fsp3) is 0.364. The van der Waals surface area contributed by atoms with Gasteiger partial charge in [0.15, 0.2) is 0 Å². The minimum Gasteiger partial charge on any atom is -0.508 e. The number of hydrogen-bond donors (Lipinski definition) is 3. The lowest BCUT2D eigenvalue weighted by atomic mass is 10.1. The van der Waals surface area contributed by atoms with Gasteiger partial charge in [-0.15, -0.1) is 0 Å². The van der Waals surface area contributed by atoms with Gasteiger partial charge in [-0.2, -0.15) is 0 Å². The number of hydrogen-bond acceptors (Lipinski definition) is 4. The molecule has 18 heavy (non-hydrogen) atoms. The third kappa shape index (κ3) is 4.23. The topological polar surface area (TPSA) is 118 Å². The molecule has 0 aliphatic heterocycles. The van der Waals surface area contributed by atoms with Gasteiger partial charge in [-0.05, 0) is 36.6 Å². The summed E-state index contributed by atoms with van der Waals surface area (Å²) in [5, 5.41) is 24.6. The van der Waals surface area contributed by atoms with Gasteiger partial charge >= 0.3 is 0 Å². The van der Waals surface area contributed by atoms with E-state index in [1.165, 1.54) is 18.2 Å². The Balaban J connectivity index is 2.41. The van der Waals surface area contributed by atoms with Crippen LogP contribution in [-0.2, 0) is 0 Å². The van der Waals surface area contributed by atoms with E-state index in [1.807, 2.05) is 0 Å². The summed E-state index contributed by atoms with van der Waals surface area (Å²) >= 11 is 0. The maximum atomic E-state index is 11.6. The summed E-state index contributed by atoms with van der Waals surface area (Å²) < 4.78 is 0. The molecule has 0 radical (unpaired) electrons. The maximum Gasteiger partial charge on any atom is 0.255 e. The molecule has 0 bridgehead atoms. The Morgan fingerprint density at radius 2 is 2.17 bits per heavy atom. The Labute approximate surface area is 104 Å². The Morgan fingerprint density at radius 1 is 1.39 bits per heavy atom. The highest BCUT2D eigenvalue weighted by Gasteiger charge is 2.10. The highest BCUT2D eigenvalue weighted by Crippen LogP contribution is 2.21. The van der Waals surface area contributed by atoms with Crippen LogP contribution in [0.4, 0.5) is 0 Å². The van der Waals surface area contributed by atoms with Crippen molar-refractivity contribution in [1.29, 1.82) is 0 Å². The Kier molecular flexibility index (Phi) is 5.34. The van der Waals surface area contributed by atoms with E-state index < -0.39 is 5.91 Å². The molecule has 3 N–H and O–H groups in total. The average molecular weight is 250 g/mol. The molecule has 0 spiro atoms. The van der Waals surface area contributed by atoms with Crippen LogP contribution in [0.25, 0.3) is 10.4 Å². The highest BCUT2D eigenvalue weighted by molar-refractivity contribution is 5.97. The van der Waals surface area contributed by atoms with E-state index in [0.29, 0.717) is 25.9 Å². The minimum atomic E-state index is -0.452. The zero-order valence-corrected chi connectivity index (χ0v) is 9.70. The normalized spacial score (nSPS) is 9.56. The number of carbonyl (C=O) groups is 1. The number of rotatable bonds is 6. The molecule has 7 nitrogen and oxygen atoms in total. The number of nitrogens with one attached hydrogen (secondary N) is 1. The summed E-state index contributed by atoms with van der Waals surface area (Å²) in [6, 6.07) is 3.75. The average Bonchev–Trinajstić information content (AvgIpc) is 2.36. The maximum absolute atomic E-state index is 11.6. The number of nitrogens with zero attached hydrogens (tertiary/aromatic N) is 3. The summed E-state index contributed by atoms with van der Waals surface area (Å²) in [6.07, 6.45) is 1.35. The van der Waals surface area contributed by atoms with Gasteiger partial charge in [-0.1, -0.05) is 5.11 Å². The third-order valence-corrected chi connectivity index (χ3v) is 2.26. The summed E-state index contributed by atoms with van der Waals surface area (Å²) in [6.45, 7) is 0.804. The van der Waals surface area contributed by atoms with Crippen LogP contribution in [0.2, 0.25) is 0 Å². The standard InChI is InChI=1S/C11H14N4O3/c12-15-14-6-2-1-5-13-11(18)9-7-8(16)3-4-10(9)17/h3-4,7,16-17H,1-2,5-6H2,(H,13,18). The van der Waals surface area contributed by atoms with Crippen LogP contribution in [0.1, 0.15) is 23.2 Å². The molecule has 0 saturated heterocycles. The Morgan fingerprint density at radius 3 is 2.89 bits per heavy atom. The first-order valence-corrected chi connectivity index (χ1v) is 5.46. The summed E-state index contributed by atoms with van der Waals surface area (Å²) in [7, 11) is 0. The smallest absolute Gasteiger partial charge is 0.255 e. The Bertz CT molecular complexity index is 469. The largest absolute Gasteiger partial charge is 0.508 e. The lowest BCUT2D eigenvalue weighted by Crippen LogP contribution is -2.24. The van der Waals surface area contributed by atoms with E-state index in [1.54, 1.807) is 0 Å². The van der Waals surface area contributed by atoms with Gasteiger partial charge in [-0.25, -0.2) is 0 Å². The number of azide groups is 1. The second-order valence-corrected chi connectivity index (χ2v) is 3.62. The fourth-order valence-electron chi connectivity index (χ4n) is 1.36.